The van der Waals surface area contributed by atoms with Crippen LogP contribution < -0.4 is 4.74 Å². The Kier molecular flexibility index (Phi) is 4.13. The van der Waals surface area contributed by atoms with Gasteiger partial charge < -0.3 is 9.84 Å². The van der Waals surface area contributed by atoms with E-state index in [2.05, 4.69) is 15.9 Å². The van der Waals surface area contributed by atoms with E-state index in [0.29, 0.717) is 16.0 Å². The fourth-order valence-corrected chi connectivity index (χ4v) is 1.80. The zero-order valence-corrected chi connectivity index (χ0v) is 11.3. The van der Waals surface area contributed by atoms with Crippen molar-refractivity contribution in [3.63, 3.8) is 0 Å². The van der Waals surface area contributed by atoms with Gasteiger partial charge in [-0.25, -0.2) is 0 Å². The number of hydrogen-bond acceptors (Lipinski definition) is 4. The lowest BCUT2D eigenvalue weighted by atomic mass is 10.2. The number of aliphatic hydroxyl groups excluding tert-OH is 1. The maximum Gasteiger partial charge on any atom is 0.273 e. The second-order valence-corrected chi connectivity index (χ2v) is 4.63. The molecule has 0 aliphatic carbocycles. The van der Waals surface area contributed by atoms with Crippen molar-refractivity contribution in [1.82, 2.24) is 0 Å². The van der Waals surface area contributed by atoms with Crippen LogP contribution >= 0.6 is 15.9 Å². The zero-order valence-electron chi connectivity index (χ0n) is 9.75. The number of nitro groups is 1. The van der Waals surface area contributed by atoms with E-state index in [4.69, 9.17) is 9.84 Å². The average Bonchev–Trinajstić information content (AvgIpc) is 2.42. The number of nitro benzene ring substituents is 1. The van der Waals surface area contributed by atoms with E-state index in [1.54, 1.807) is 30.3 Å². The summed E-state index contributed by atoms with van der Waals surface area (Å²) in [5, 5.41) is 19.6. The van der Waals surface area contributed by atoms with Gasteiger partial charge in [0.1, 0.15) is 11.5 Å². The molecule has 0 bridgehead atoms. The summed E-state index contributed by atoms with van der Waals surface area (Å²) in [7, 11) is 0. The van der Waals surface area contributed by atoms with E-state index in [-0.39, 0.29) is 12.3 Å². The Morgan fingerprint density at radius 1 is 1.21 bits per heavy atom. The zero-order chi connectivity index (χ0) is 13.8. The Morgan fingerprint density at radius 2 is 1.89 bits per heavy atom. The number of aliphatic hydroxyl groups is 1. The molecule has 0 spiro atoms. The minimum absolute atomic E-state index is 0.0369. The lowest BCUT2D eigenvalue weighted by Crippen LogP contribution is -1.91. The highest BCUT2D eigenvalue weighted by Crippen LogP contribution is 2.32. The van der Waals surface area contributed by atoms with Gasteiger partial charge in [0, 0.05) is 6.07 Å². The van der Waals surface area contributed by atoms with Crippen molar-refractivity contribution in [2.24, 2.45) is 0 Å². The number of nitrogens with zero attached hydrogens (tertiary/aromatic N) is 1. The van der Waals surface area contributed by atoms with Crippen LogP contribution in [0.1, 0.15) is 5.56 Å². The van der Waals surface area contributed by atoms with Gasteiger partial charge in [0.25, 0.3) is 5.69 Å². The first-order valence-corrected chi connectivity index (χ1v) is 6.21. The molecule has 0 heterocycles. The van der Waals surface area contributed by atoms with Crippen molar-refractivity contribution in [2.45, 2.75) is 6.61 Å². The Labute approximate surface area is 117 Å². The molecule has 0 aromatic heterocycles. The molecule has 0 unspecified atom stereocenters. The molecular formula is C13H10BrNO4. The van der Waals surface area contributed by atoms with Crippen LogP contribution in [0.4, 0.5) is 5.69 Å². The number of hydrogen-bond donors (Lipinski definition) is 1. The molecule has 19 heavy (non-hydrogen) atoms. The summed E-state index contributed by atoms with van der Waals surface area (Å²) in [5.74, 6) is 0.907. The first-order valence-electron chi connectivity index (χ1n) is 5.42. The van der Waals surface area contributed by atoms with Gasteiger partial charge in [0.05, 0.1) is 22.1 Å². The molecule has 0 aliphatic rings. The summed E-state index contributed by atoms with van der Waals surface area (Å²) in [4.78, 5) is 10.2. The topological polar surface area (TPSA) is 72.6 Å². The fraction of sp³-hybridized carbons (Fsp3) is 0.0769. The molecule has 0 saturated heterocycles. The molecule has 98 valence electrons. The second kappa shape index (κ2) is 5.81. The van der Waals surface area contributed by atoms with E-state index >= 15 is 0 Å². The Morgan fingerprint density at radius 3 is 2.47 bits per heavy atom. The summed E-state index contributed by atoms with van der Waals surface area (Å²) in [6, 6.07) is 11.1. The van der Waals surface area contributed by atoms with E-state index in [1.165, 1.54) is 12.1 Å². The lowest BCUT2D eigenvalue weighted by Gasteiger charge is -2.08. The lowest BCUT2D eigenvalue weighted by molar-refractivity contribution is -0.384. The molecule has 2 aromatic rings. The smallest absolute Gasteiger partial charge is 0.273 e. The van der Waals surface area contributed by atoms with Gasteiger partial charge in [-0.15, -0.1) is 0 Å². The van der Waals surface area contributed by atoms with Gasteiger partial charge in [-0.1, -0.05) is 12.1 Å². The normalized spacial score (nSPS) is 10.2. The van der Waals surface area contributed by atoms with Gasteiger partial charge in [0.15, 0.2) is 0 Å². The van der Waals surface area contributed by atoms with Gasteiger partial charge in [-0.3, -0.25) is 10.1 Å². The van der Waals surface area contributed by atoms with Crippen molar-refractivity contribution >= 4 is 21.6 Å². The number of non-ortho nitro benzene ring substituents is 1. The van der Waals surface area contributed by atoms with Gasteiger partial charge in [-0.05, 0) is 39.7 Å². The third kappa shape index (κ3) is 3.30. The van der Waals surface area contributed by atoms with Crippen molar-refractivity contribution < 1.29 is 14.8 Å². The Hall–Kier alpha value is -1.92. The number of benzene rings is 2. The second-order valence-electron chi connectivity index (χ2n) is 3.78. The van der Waals surface area contributed by atoms with Crippen molar-refractivity contribution in [3.05, 3.63) is 62.6 Å². The molecule has 1 N–H and O–H groups in total. The molecular weight excluding hydrogens is 314 g/mol. The monoisotopic (exact) mass is 323 g/mol. The SMILES string of the molecule is O=[N+]([O-])c1ccc(Br)c(Oc2ccc(CO)cc2)c1. The summed E-state index contributed by atoms with van der Waals surface area (Å²) in [6.45, 7) is -0.0409. The average molecular weight is 324 g/mol. The van der Waals surface area contributed by atoms with Crippen LogP contribution in [0.3, 0.4) is 0 Å². The van der Waals surface area contributed by atoms with Gasteiger partial charge in [-0.2, -0.15) is 0 Å². The largest absolute Gasteiger partial charge is 0.456 e. The Balaban J connectivity index is 2.26. The molecule has 2 aromatic carbocycles. The number of halogens is 1. The molecule has 5 nitrogen and oxygen atoms in total. The Bertz CT molecular complexity index is 598. The van der Waals surface area contributed by atoms with Crippen molar-refractivity contribution in [1.29, 1.82) is 0 Å². The van der Waals surface area contributed by atoms with Crippen LogP contribution in [0.25, 0.3) is 0 Å². The highest BCUT2D eigenvalue weighted by Gasteiger charge is 2.11. The van der Waals surface area contributed by atoms with Crippen molar-refractivity contribution in [2.75, 3.05) is 0 Å². The van der Waals surface area contributed by atoms with E-state index in [1.807, 2.05) is 0 Å². The predicted octanol–water partition coefficient (Wildman–Crippen LogP) is 3.64. The third-order valence-electron chi connectivity index (χ3n) is 2.46. The van der Waals surface area contributed by atoms with Crippen LogP contribution in [0.5, 0.6) is 11.5 Å². The highest BCUT2D eigenvalue weighted by molar-refractivity contribution is 9.10. The first kappa shape index (κ1) is 13.5. The molecule has 6 heteroatoms. The predicted molar refractivity (Wildman–Crippen MR) is 73.2 cm³/mol. The van der Waals surface area contributed by atoms with E-state index < -0.39 is 4.92 Å². The molecule has 0 aliphatic heterocycles. The summed E-state index contributed by atoms with van der Waals surface area (Å²) < 4.78 is 6.20. The molecule has 2 rings (SSSR count). The highest BCUT2D eigenvalue weighted by atomic mass is 79.9. The van der Waals surface area contributed by atoms with E-state index in [0.717, 1.165) is 5.56 Å². The summed E-state index contributed by atoms with van der Waals surface area (Å²) >= 11 is 3.28. The van der Waals surface area contributed by atoms with Crippen LogP contribution in [0.2, 0.25) is 0 Å². The maximum atomic E-state index is 10.7. The van der Waals surface area contributed by atoms with Crippen LogP contribution in [-0.4, -0.2) is 10.0 Å². The molecule has 0 atom stereocenters. The summed E-state index contributed by atoms with van der Waals surface area (Å²) in [5.41, 5.74) is 0.732. The standard InChI is InChI=1S/C13H10BrNO4/c14-12-6-3-10(15(17)18)7-13(12)19-11-4-1-9(8-16)2-5-11/h1-7,16H,8H2. The maximum absolute atomic E-state index is 10.7. The van der Waals surface area contributed by atoms with Crippen LogP contribution in [0, 0.1) is 10.1 Å². The molecule has 0 fully saturated rings. The molecule has 0 saturated carbocycles. The number of rotatable bonds is 4. The molecule has 0 amide bonds. The summed E-state index contributed by atoms with van der Waals surface area (Å²) in [6.07, 6.45) is 0. The van der Waals surface area contributed by atoms with Crippen molar-refractivity contribution in [3.8, 4) is 11.5 Å². The van der Waals surface area contributed by atoms with Gasteiger partial charge in [0.2, 0.25) is 0 Å². The minimum atomic E-state index is -0.478. The third-order valence-corrected chi connectivity index (χ3v) is 3.11. The fourth-order valence-electron chi connectivity index (χ4n) is 1.47. The molecule has 0 radical (unpaired) electrons. The van der Waals surface area contributed by atoms with Crippen LogP contribution in [0.15, 0.2) is 46.9 Å². The number of ether oxygens (including phenoxy) is 1. The van der Waals surface area contributed by atoms with Crippen LogP contribution in [-0.2, 0) is 6.61 Å². The minimum Gasteiger partial charge on any atom is -0.456 e. The van der Waals surface area contributed by atoms with Gasteiger partial charge >= 0.3 is 0 Å². The first-order chi connectivity index (χ1) is 9.10. The van der Waals surface area contributed by atoms with E-state index in [9.17, 15) is 10.1 Å². The quantitative estimate of drug-likeness (QED) is 0.688.